The minimum Gasteiger partial charge on any atom is -0.466 e. The maximum Gasteiger partial charge on any atom is 0.407 e. The first kappa shape index (κ1) is 28.1. The molecule has 4 aliphatic rings. The topological polar surface area (TPSA) is 120 Å². The Morgan fingerprint density at radius 1 is 1.08 bits per heavy atom. The van der Waals surface area contributed by atoms with Gasteiger partial charge in [-0.1, -0.05) is 0 Å². The summed E-state index contributed by atoms with van der Waals surface area (Å²) in [5.74, 6) is 0.664. The largest absolute Gasteiger partial charge is 0.466 e. The van der Waals surface area contributed by atoms with E-state index in [2.05, 4.69) is 15.4 Å². The van der Waals surface area contributed by atoms with Crippen molar-refractivity contribution >= 4 is 41.4 Å². The van der Waals surface area contributed by atoms with Gasteiger partial charge in [0.2, 0.25) is 0 Å². The first-order chi connectivity index (χ1) is 17.9. The van der Waals surface area contributed by atoms with Crippen LogP contribution in [0.1, 0.15) is 73.8 Å². The quantitative estimate of drug-likeness (QED) is 0.269. The van der Waals surface area contributed by atoms with Crippen LogP contribution in [-0.2, 0) is 23.8 Å². The summed E-state index contributed by atoms with van der Waals surface area (Å²) in [6, 6.07) is 2.21. The second-order valence-corrected chi connectivity index (χ2v) is 13.1. The molecule has 38 heavy (non-hydrogen) atoms. The molecule has 2 N–H and O–H groups in total. The number of carbonyl (C=O) groups excluding carboxylic acids is 4. The van der Waals surface area contributed by atoms with E-state index in [9.17, 15) is 19.2 Å². The average Bonchev–Trinajstić information content (AvgIpc) is 3.31. The lowest BCUT2D eigenvalue weighted by molar-refractivity contribution is -0.157. The third-order valence-electron chi connectivity index (χ3n) is 7.56. The van der Waals surface area contributed by atoms with Crippen LogP contribution in [0.2, 0.25) is 0 Å². The maximum atomic E-state index is 12.9. The Hall–Kier alpha value is -2.88. The molecule has 4 aliphatic carbocycles. The van der Waals surface area contributed by atoms with Crippen LogP contribution in [0, 0.1) is 23.2 Å². The highest BCUT2D eigenvalue weighted by Gasteiger charge is 2.51. The molecular weight excluding hydrogens is 508 g/mol. The van der Waals surface area contributed by atoms with Crippen molar-refractivity contribution in [3.05, 3.63) is 28.0 Å². The number of esters is 2. The van der Waals surface area contributed by atoms with Gasteiger partial charge >= 0.3 is 18.0 Å². The van der Waals surface area contributed by atoms with Crippen LogP contribution in [0.4, 0.5) is 4.79 Å². The summed E-state index contributed by atoms with van der Waals surface area (Å²) in [6.07, 6.45) is 9.37. The smallest absolute Gasteiger partial charge is 0.407 e. The van der Waals surface area contributed by atoms with Crippen LogP contribution in [0.5, 0.6) is 0 Å². The van der Waals surface area contributed by atoms with E-state index < -0.39 is 35.6 Å². The van der Waals surface area contributed by atoms with Crippen molar-refractivity contribution in [3.8, 4) is 0 Å². The van der Waals surface area contributed by atoms with Crippen LogP contribution < -0.4 is 10.6 Å². The number of amides is 2. The Kier molecular flexibility index (Phi) is 8.49. The number of ether oxygens (including phenoxy) is 3. The second-order valence-electron chi connectivity index (χ2n) is 12.0. The Labute approximate surface area is 227 Å². The molecule has 0 spiro atoms. The highest BCUT2D eigenvalue weighted by atomic mass is 32.1. The maximum absolute atomic E-state index is 12.9. The van der Waals surface area contributed by atoms with Crippen molar-refractivity contribution in [2.45, 2.75) is 70.9 Å². The highest BCUT2D eigenvalue weighted by Crippen LogP contribution is 2.60. The van der Waals surface area contributed by atoms with Gasteiger partial charge in [0.1, 0.15) is 11.6 Å². The Morgan fingerprint density at radius 3 is 2.29 bits per heavy atom. The predicted octanol–water partition coefficient (Wildman–Crippen LogP) is 4.32. The van der Waals surface area contributed by atoms with E-state index in [1.807, 2.05) is 0 Å². The second kappa shape index (κ2) is 11.5. The molecule has 4 bridgehead atoms. The van der Waals surface area contributed by atoms with Crippen LogP contribution in [0.3, 0.4) is 0 Å². The normalized spacial score (nSPS) is 26.6. The van der Waals surface area contributed by atoms with Gasteiger partial charge in [0.25, 0.3) is 5.91 Å². The van der Waals surface area contributed by atoms with Crippen LogP contribution in [-0.4, -0.2) is 55.8 Å². The summed E-state index contributed by atoms with van der Waals surface area (Å²) < 4.78 is 15.7. The summed E-state index contributed by atoms with van der Waals surface area (Å²) in [7, 11) is 1.29. The molecule has 0 unspecified atom stereocenters. The third-order valence-corrected chi connectivity index (χ3v) is 8.61. The first-order valence-electron chi connectivity index (χ1n) is 13.2. The molecule has 1 heterocycles. The van der Waals surface area contributed by atoms with Gasteiger partial charge in [-0.3, -0.25) is 4.79 Å². The molecule has 0 radical (unpaired) electrons. The molecule has 9 nitrogen and oxygen atoms in total. The Morgan fingerprint density at radius 2 is 1.71 bits per heavy atom. The average molecular weight is 547 g/mol. The van der Waals surface area contributed by atoms with E-state index in [4.69, 9.17) is 9.47 Å². The van der Waals surface area contributed by atoms with Gasteiger partial charge in [-0.2, -0.15) is 0 Å². The number of hydrogen-bond donors (Lipinski definition) is 2. The molecule has 0 aliphatic heterocycles. The standard InChI is InChI=1S/C28H38N2O7S/c1-27(2,3)37-25(33)21(15-29-24(32)22-7-5-20(38-22)6-8-23(31)35-4)30-26(34)36-16-28-12-17-9-18(13-28)11-19(10-17)14-28/h5-8,17-19,21H,9-16H2,1-4H3,(H,29,32)(H,30,34)/t17?,18?,19?,21-,28?/m0/s1. The van der Waals surface area contributed by atoms with E-state index in [-0.39, 0.29) is 12.0 Å². The fraction of sp³-hybridized carbons (Fsp3) is 0.643. The van der Waals surface area contributed by atoms with E-state index in [1.54, 1.807) is 39.0 Å². The summed E-state index contributed by atoms with van der Waals surface area (Å²) in [4.78, 5) is 50.7. The zero-order chi connectivity index (χ0) is 27.5. The molecular formula is C28H38N2O7S. The van der Waals surface area contributed by atoms with Crippen molar-refractivity contribution in [3.63, 3.8) is 0 Å². The minimum atomic E-state index is -1.11. The Balaban J connectivity index is 1.33. The van der Waals surface area contributed by atoms with E-state index in [1.165, 1.54) is 43.8 Å². The number of rotatable bonds is 9. The highest BCUT2D eigenvalue weighted by molar-refractivity contribution is 7.14. The van der Waals surface area contributed by atoms with Gasteiger partial charge in [-0.25, -0.2) is 14.4 Å². The van der Waals surface area contributed by atoms with E-state index in [0.29, 0.717) is 16.4 Å². The van der Waals surface area contributed by atoms with E-state index >= 15 is 0 Å². The molecule has 4 saturated carbocycles. The number of alkyl carbamates (subject to hydrolysis) is 1. The summed E-state index contributed by atoms with van der Waals surface area (Å²) in [5.41, 5.74) is -0.709. The number of hydrogen-bond acceptors (Lipinski definition) is 8. The number of methoxy groups -OCH3 is 1. The van der Waals surface area contributed by atoms with E-state index in [0.717, 1.165) is 37.0 Å². The fourth-order valence-electron chi connectivity index (χ4n) is 6.50. The van der Waals surface area contributed by atoms with Crippen molar-refractivity contribution in [1.29, 1.82) is 0 Å². The SMILES string of the molecule is COC(=O)C=Cc1ccc(C(=O)NC[C@H](NC(=O)OCC23CC4CC(CC(C4)C2)C3)C(=O)OC(C)(C)C)s1. The molecule has 0 aromatic carbocycles. The van der Waals surface area contributed by atoms with Crippen molar-refractivity contribution < 1.29 is 33.4 Å². The van der Waals surface area contributed by atoms with Gasteiger partial charge in [0.05, 0.1) is 18.6 Å². The molecule has 0 saturated heterocycles. The predicted molar refractivity (Wildman–Crippen MR) is 142 cm³/mol. The zero-order valence-electron chi connectivity index (χ0n) is 22.5. The molecule has 208 valence electrons. The number of nitrogens with one attached hydrogen (secondary N) is 2. The first-order valence-corrected chi connectivity index (χ1v) is 14.1. The van der Waals surface area contributed by atoms with Crippen LogP contribution in [0.15, 0.2) is 18.2 Å². The number of carbonyl (C=O) groups is 4. The summed E-state index contributed by atoms with van der Waals surface area (Å²) in [6.45, 7) is 5.40. The van der Waals surface area contributed by atoms with Crippen LogP contribution >= 0.6 is 11.3 Å². The molecule has 1 aromatic rings. The van der Waals surface area contributed by atoms with Crippen molar-refractivity contribution in [2.75, 3.05) is 20.3 Å². The lowest BCUT2D eigenvalue weighted by Crippen LogP contribution is -2.52. The summed E-state index contributed by atoms with van der Waals surface area (Å²) >= 11 is 1.18. The van der Waals surface area contributed by atoms with Crippen LogP contribution in [0.25, 0.3) is 6.08 Å². The lowest BCUT2D eigenvalue weighted by atomic mass is 9.50. The van der Waals surface area contributed by atoms with Crippen molar-refractivity contribution in [2.24, 2.45) is 23.2 Å². The van der Waals surface area contributed by atoms with Gasteiger partial charge < -0.3 is 24.8 Å². The van der Waals surface area contributed by atoms with Gasteiger partial charge in [0.15, 0.2) is 0 Å². The van der Waals surface area contributed by atoms with Gasteiger partial charge in [-0.15, -0.1) is 11.3 Å². The third kappa shape index (κ3) is 7.36. The number of thiophene rings is 1. The van der Waals surface area contributed by atoms with Gasteiger partial charge in [-0.05, 0) is 95.3 Å². The minimum absolute atomic E-state index is 0.0565. The van der Waals surface area contributed by atoms with Gasteiger partial charge in [0, 0.05) is 22.9 Å². The van der Waals surface area contributed by atoms with Crippen molar-refractivity contribution in [1.82, 2.24) is 10.6 Å². The molecule has 10 heteroatoms. The monoisotopic (exact) mass is 546 g/mol. The molecule has 2 amide bonds. The lowest BCUT2D eigenvalue weighted by Gasteiger charge is -2.56. The Bertz CT molecular complexity index is 1050. The zero-order valence-corrected chi connectivity index (χ0v) is 23.4. The fourth-order valence-corrected chi connectivity index (χ4v) is 7.33. The molecule has 4 fully saturated rings. The molecule has 1 atom stereocenters. The summed E-state index contributed by atoms with van der Waals surface area (Å²) in [5, 5.41) is 5.31. The molecule has 1 aromatic heterocycles. The molecule has 5 rings (SSSR count).